The van der Waals surface area contributed by atoms with Gasteiger partial charge in [0.15, 0.2) is 6.10 Å². The van der Waals surface area contributed by atoms with E-state index in [1.54, 1.807) is 10.7 Å². The SMILES string of the molecule is CC(C)n1nccc1NC(=O)[C@H](C)OC(=O)c1cc(F)cc(F)c1. The fraction of sp³-hybridized carbons (Fsp3) is 0.312. The van der Waals surface area contributed by atoms with Crippen molar-refractivity contribution in [1.29, 1.82) is 0 Å². The average molecular weight is 337 g/mol. The Kier molecular flexibility index (Phi) is 5.28. The lowest BCUT2D eigenvalue weighted by Crippen LogP contribution is -2.31. The predicted molar refractivity (Wildman–Crippen MR) is 82.5 cm³/mol. The largest absolute Gasteiger partial charge is 0.449 e. The predicted octanol–water partition coefficient (Wildman–Crippen LogP) is 2.93. The Bertz CT molecular complexity index is 739. The monoisotopic (exact) mass is 337 g/mol. The maximum absolute atomic E-state index is 13.1. The smallest absolute Gasteiger partial charge is 0.339 e. The molecule has 8 heteroatoms. The molecule has 1 atom stereocenters. The van der Waals surface area contributed by atoms with Crippen molar-refractivity contribution in [2.24, 2.45) is 0 Å². The number of nitrogens with one attached hydrogen (secondary N) is 1. The van der Waals surface area contributed by atoms with Crippen LogP contribution in [0.15, 0.2) is 30.5 Å². The van der Waals surface area contributed by atoms with E-state index in [4.69, 9.17) is 4.74 Å². The van der Waals surface area contributed by atoms with Gasteiger partial charge >= 0.3 is 5.97 Å². The van der Waals surface area contributed by atoms with Crippen LogP contribution in [0.2, 0.25) is 0 Å². The zero-order valence-corrected chi connectivity index (χ0v) is 13.4. The van der Waals surface area contributed by atoms with Crippen LogP contribution >= 0.6 is 0 Å². The normalized spacial score (nSPS) is 12.1. The van der Waals surface area contributed by atoms with Gasteiger partial charge in [0.2, 0.25) is 0 Å². The van der Waals surface area contributed by atoms with E-state index in [0.717, 1.165) is 12.1 Å². The van der Waals surface area contributed by atoms with Crippen molar-refractivity contribution in [1.82, 2.24) is 9.78 Å². The van der Waals surface area contributed by atoms with E-state index in [-0.39, 0.29) is 11.6 Å². The van der Waals surface area contributed by atoms with E-state index >= 15 is 0 Å². The summed E-state index contributed by atoms with van der Waals surface area (Å²) >= 11 is 0. The van der Waals surface area contributed by atoms with Crippen molar-refractivity contribution in [3.8, 4) is 0 Å². The molecule has 0 saturated carbocycles. The number of ether oxygens (including phenoxy) is 1. The molecule has 1 aromatic heterocycles. The minimum atomic E-state index is -1.15. The van der Waals surface area contributed by atoms with Crippen LogP contribution in [0.25, 0.3) is 0 Å². The van der Waals surface area contributed by atoms with Crippen LogP contribution in [-0.4, -0.2) is 27.8 Å². The van der Waals surface area contributed by atoms with Gasteiger partial charge in [0.25, 0.3) is 5.91 Å². The Labute approximate surface area is 137 Å². The second-order valence-electron chi connectivity index (χ2n) is 5.45. The average Bonchev–Trinajstić information content (AvgIpc) is 2.94. The summed E-state index contributed by atoms with van der Waals surface area (Å²) in [7, 11) is 0. The van der Waals surface area contributed by atoms with Gasteiger partial charge in [-0.1, -0.05) is 0 Å². The van der Waals surface area contributed by atoms with E-state index in [1.807, 2.05) is 13.8 Å². The number of hydrogen-bond acceptors (Lipinski definition) is 4. The molecule has 128 valence electrons. The van der Waals surface area contributed by atoms with Crippen molar-refractivity contribution in [3.63, 3.8) is 0 Å². The molecule has 0 bridgehead atoms. The Hall–Kier alpha value is -2.77. The number of anilines is 1. The molecular formula is C16H17F2N3O3. The highest BCUT2D eigenvalue weighted by molar-refractivity contribution is 5.96. The maximum atomic E-state index is 13.1. The number of rotatable bonds is 5. The van der Waals surface area contributed by atoms with Gasteiger partial charge in [0, 0.05) is 18.2 Å². The number of hydrogen-bond donors (Lipinski definition) is 1. The fourth-order valence-electron chi connectivity index (χ4n) is 2.01. The maximum Gasteiger partial charge on any atom is 0.339 e. The highest BCUT2D eigenvalue weighted by atomic mass is 19.1. The lowest BCUT2D eigenvalue weighted by Gasteiger charge is -2.15. The van der Waals surface area contributed by atoms with Crippen LogP contribution in [-0.2, 0) is 9.53 Å². The minimum Gasteiger partial charge on any atom is -0.449 e. The highest BCUT2D eigenvalue weighted by Gasteiger charge is 2.21. The van der Waals surface area contributed by atoms with Gasteiger partial charge in [0.05, 0.1) is 11.8 Å². The molecule has 0 spiro atoms. The first-order valence-corrected chi connectivity index (χ1v) is 7.29. The van der Waals surface area contributed by atoms with Gasteiger partial charge in [-0.05, 0) is 32.9 Å². The molecule has 24 heavy (non-hydrogen) atoms. The number of halogens is 2. The van der Waals surface area contributed by atoms with Crippen molar-refractivity contribution >= 4 is 17.7 Å². The van der Waals surface area contributed by atoms with Crippen LogP contribution in [0.1, 0.15) is 37.2 Å². The summed E-state index contributed by atoms with van der Waals surface area (Å²) in [4.78, 5) is 24.0. The Morgan fingerprint density at radius 3 is 2.38 bits per heavy atom. The third kappa shape index (κ3) is 4.15. The van der Waals surface area contributed by atoms with Crippen LogP contribution in [0, 0.1) is 11.6 Å². The highest BCUT2D eigenvalue weighted by Crippen LogP contribution is 2.14. The van der Waals surface area contributed by atoms with E-state index in [2.05, 4.69) is 10.4 Å². The molecule has 0 aliphatic rings. The van der Waals surface area contributed by atoms with Crippen LogP contribution in [0.3, 0.4) is 0 Å². The number of amides is 1. The molecule has 0 radical (unpaired) electrons. The molecule has 2 rings (SSSR count). The molecule has 0 aliphatic heterocycles. The second-order valence-corrected chi connectivity index (χ2v) is 5.45. The first-order chi connectivity index (χ1) is 11.3. The minimum absolute atomic E-state index is 0.0309. The molecule has 0 fully saturated rings. The van der Waals surface area contributed by atoms with Crippen molar-refractivity contribution in [2.45, 2.75) is 32.9 Å². The molecule has 1 N–H and O–H groups in total. The van der Waals surface area contributed by atoms with Gasteiger partial charge in [-0.15, -0.1) is 0 Å². The molecule has 6 nitrogen and oxygen atoms in total. The molecule has 0 aliphatic carbocycles. The van der Waals surface area contributed by atoms with Gasteiger partial charge in [-0.3, -0.25) is 4.79 Å². The van der Waals surface area contributed by atoms with Crippen molar-refractivity contribution in [3.05, 3.63) is 47.7 Å². The van der Waals surface area contributed by atoms with Gasteiger partial charge in [-0.25, -0.2) is 18.3 Å². The second kappa shape index (κ2) is 7.20. The van der Waals surface area contributed by atoms with E-state index in [0.29, 0.717) is 11.9 Å². The lowest BCUT2D eigenvalue weighted by atomic mass is 10.2. The number of benzene rings is 1. The number of esters is 1. The Morgan fingerprint density at radius 2 is 1.79 bits per heavy atom. The summed E-state index contributed by atoms with van der Waals surface area (Å²) in [5.74, 6) is -2.93. The van der Waals surface area contributed by atoms with Crippen LogP contribution in [0.5, 0.6) is 0 Å². The van der Waals surface area contributed by atoms with Crippen LogP contribution < -0.4 is 5.32 Å². The Balaban J connectivity index is 2.03. The summed E-state index contributed by atoms with van der Waals surface area (Å²) in [6.07, 6.45) is 0.376. The fourth-order valence-corrected chi connectivity index (χ4v) is 2.01. The summed E-state index contributed by atoms with van der Waals surface area (Å²) in [6.45, 7) is 5.15. The van der Waals surface area contributed by atoms with E-state index in [1.165, 1.54) is 13.1 Å². The zero-order chi connectivity index (χ0) is 17.9. The molecule has 0 unspecified atom stereocenters. The van der Waals surface area contributed by atoms with E-state index < -0.39 is 29.6 Å². The summed E-state index contributed by atoms with van der Waals surface area (Å²) in [6, 6.07) is 3.95. The summed E-state index contributed by atoms with van der Waals surface area (Å²) in [5, 5.41) is 6.65. The van der Waals surface area contributed by atoms with Crippen molar-refractivity contribution in [2.75, 3.05) is 5.32 Å². The molecule has 1 heterocycles. The molecular weight excluding hydrogens is 320 g/mol. The Morgan fingerprint density at radius 1 is 1.17 bits per heavy atom. The number of carbonyl (C=O) groups is 2. The molecule has 1 amide bonds. The first kappa shape index (κ1) is 17.6. The number of aromatic nitrogens is 2. The topological polar surface area (TPSA) is 73.2 Å². The molecule has 1 aromatic carbocycles. The summed E-state index contributed by atoms with van der Waals surface area (Å²) < 4.78 is 32.8. The molecule has 0 saturated heterocycles. The number of carbonyl (C=O) groups excluding carboxylic acids is 2. The summed E-state index contributed by atoms with van der Waals surface area (Å²) in [5.41, 5.74) is -0.306. The number of nitrogens with zero attached hydrogens (tertiary/aromatic N) is 2. The third-order valence-electron chi connectivity index (χ3n) is 3.16. The van der Waals surface area contributed by atoms with Gasteiger partial charge in [-0.2, -0.15) is 5.10 Å². The zero-order valence-electron chi connectivity index (χ0n) is 13.4. The van der Waals surface area contributed by atoms with Crippen LogP contribution in [0.4, 0.5) is 14.6 Å². The first-order valence-electron chi connectivity index (χ1n) is 7.29. The lowest BCUT2D eigenvalue weighted by molar-refractivity contribution is -0.123. The standard InChI is InChI=1S/C16H17F2N3O3/c1-9(2)21-14(4-5-19-21)20-15(22)10(3)24-16(23)11-6-12(17)8-13(18)7-11/h4-10H,1-3H3,(H,20,22)/t10-/m0/s1. The quantitative estimate of drug-likeness (QED) is 0.852. The van der Waals surface area contributed by atoms with Gasteiger partial charge in [0.1, 0.15) is 17.5 Å². The van der Waals surface area contributed by atoms with Gasteiger partial charge < -0.3 is 10.1 Å². The van der Waals surface area contributed by atoms with E-state index in [9.17, 15) is 18.4 Å². The van der Waals surface area contributed by atoms with Crippen molar-refractivity contribution < 1.29 is 23.1 Å². The third-order valence-corrected chi connectivity index (χ3v) is 3.16. The molecule has 2 aromatic rings.